The van der Waals surface area contributed by atoms with E-state index in [4.69, 9.17) is 20.8 Å². The molecule has 2 atom stereocenters. The molecule has 2 fully saturated rings. The fourth-order valence-electron chi connectivity index (χ4n) is 12.5. The van der Waals surface area contributed by atoms with Crippen LogP contribution in [0.15, 0.2) is 178 Å². The third-order valence-electron chi connectivity index (χ3n) is 17.2. The first-order valence-electron chi connectivity index (χ1n) is 30.9. The van der Waals surface area contributed by atoms with Crippen LogP contribution < -0.4 is 25.3 Å². The van der Waals surface area contributed by atoms with E-state index in [1.165, 1.54) is 40.6 Å². The van der Waals surface area contributed by atoms with Crippen LogP contribution in [0.5, 0.6) is 0 Å². The van der Waals surface area contributed by atoms with Crippen molar-refractivity contribution in [2.24, 2.45) is 5.41 Å². The Kier molecular flexibility index (Phi) is 21.7. The van der Waals surface area contributed by atoms with Crippen molar-refractivity contribution in [3.63, 3.8) is 0 Å². The molecule has 3 aliphatic rings. The summed E-state index contributed by atoms with van der Waals surface area (Å²) in [6.45, 7) is 22.0. The largest absolute Gasteiger partial charge is 0.501 e. The summed E-state index contributed by atoms with van der Waals surface area (Å²) in [4.78, 5) is 34.0. The Morgan fingerprint density at radius 3 is 1.92 bits per heavy atom. The summed E-state index contributed by atoms with van der Waals surface area (Å²) in [5.41, 5.74) is -2.19. The lowest BCUT2D eigenvalue weighted by atomic mass is 9.72. The van der Waals surface area contributed by atoms with Gasteiger partial charge in [-0.25, -0.2) is 26.4 Å². The van der Waals surface area contributed by atoms with Gasteiger partial charge < -0.3 is 24.3 Å². The Morgan fingerprint density at radius 1 is 0.747 bits per heavy atom. The van der Waals surface area contributed by atoms with E-state index in [2.05, 4.69) is 115 Å². The molecule has 0 radical (unpaired) electrons. The van der Waals surface area contributed by atoms with Crippen LogP contribution in [0.25, 0.3) is 5.57 Å². The zero-order valence-electron chi connectivity index (χ0n) is 53.1. The average molecular weight is 1340 g/mol. The zero-order valence-corrected chi connectivity index (χ0v) is 57.3. The van der Waals surface area contributed by atoms with Gasteiger partial charge in [0.15, 0.2) is 0 Å². The first kappa shape index (κ1) is 69.2. The number of sulfone groups is 1. The van der Waals surface area contributed by atoms with Crippen molar-refractivity contribution < 1.29 is 48.8 Å². The maximum absolute atomic E-state index is 14.6. The standard InChI is InChI=1S/C69H84ClF3N6O8S3Si/c1-66(2,3)87-65(81)78-41-38-76(39-42-78)37-35-54(49-88-57-18-12-9-13-19-57)74-62-33-32-58(44-63(62)89(82,83)69(71,72)73)90(84,85)75-64(80)51-26-30-55(31-27-51)79-43-40-77(46-52-45-68(7,8)36-34-61(52)50-24-28-53(70)29-25-50)47-56(79)48-86-91(67(4,5)6,59-20-14-10-15-21-59)60-22-16-11-17-23-60/h9-33,44,54,56,74H,34-43,45-49H2,1-8H3,(H,75,80)/t54-,56-/m1/s1. The number of nitrogens with one attached hydrogen (secondary N) is 2. The van der Waals surface area contributed by atoms with Crippen LogP contribution in [0.1, 0.15) is 97.0 Å². The highest BCUT2D eigenvalue weighted by Gasteiger charge is 2.51. The SMILES string of the molecule is CC1(C)CCC(c2ccc(Cl)cc2)=C(CN2CCN(c3ccc(C(=O)NS(=O)(=O)c4ccc(N[C@H](CCN5CCN(C(=O)OC(C)(C)C)CC5)CSc5ccccc5)c(S(=O)(=O)C(F)(F)F)c4)cc3)[C@@H](CO[Si](c3ccccc3)(c3ccccc3)C(C)(C)C)C2)C1. The fourth-order valence-corrected chi connectivity index (χ4v) is 20.2. The van der Waals surface area contributed by atoms with E-state index < -0.39 is 72.8 Å². The molecule has 14 nitrogen and oxygen atoms in total. The van der Waals surface area contributed by atoms with E-state index in [9.17, 15) is 39.6 Å². The van der Waals surface area contributed by atoms with Crippen molar-refractivity contribution in [2.75, 3.05) is 81.5 Å². The summed E-state index contributed by atoms with van der Waals surface area (Å²) in [6.07, 6.45) is 2.87. The summed E-state index contributed by atoms with van der Waals surface area (Å²) in [7, 11) is -14.2. The Hall–Kier alpha value is -6.17. The van der Waals surface area contributed by atoms with Crippen LogP contribution in [-0.4, -0.2) is 146 Å². The number of alkyl halides is 3. The molecular formula is C69H84ClF3N6O8S3Si. The quantitative estimate of drug-likeness (QED) is 0.0519. The Balaban J connectivity index is 0.964. The molecule has 2 heterocycles. The number of amides is 2. The molecule has 22 heteroatoms. The summed E-state index contributed by atoms with van der Waals surface area (Å²) < 4.78 is 114. The lowest BCUT2D eigenvalue weighted by Crippen LogP contribution is -2.68. The predicted molar refractivity (Wildman–Crippen MR) is 361 cm³/mol. The molecule has 488 valence electrons. The van der Waals surface area contributed by atoms with Crippen LogP contribution in [-0.2, 0) is 29.0 Å². The Labute approximate surface area is 546 Å². The highest BCUT2D eigenvalue weighted by Crippen LogP contribution is 2.44. The molecule has 6 aromatic rings. The molecule has 2 aliphatic heterocycles. The van der Waals surface area contributed by atoms with Gasteiger partial charge in [0.1, 0.15) is 10.5 Å². The van der Waals surface area contributed by atoms with Crippen LogP contribution >= 0.6 is 23.4 Å². The number of thioether (sulfide) groups is 1. The third kappa shape index (κ3) is 17.2. The minimum atomic E-state index is -6.17. The number of carbonyl (C=O) groups is 2. The molecular weight excluding hydrogens is 1260 g/mol. The Morgan fingerprint density at radius 2 is 1.34 bits per heavy atom. The third-order valence-corrected chi connectivity index (χ3v) is 26.5. The van der Waals surface area contributed by atoms with Gasteiger partial charge in [0.2, 0.25) is 0 Å². The maximum Gasteiger partial charge on any atom is 0.501 e. The molecule has 0 bridgehead atoms. The smallest absolute Gasteiger partial charge is 0.444 e. The van der Waals surface area contributed by atoms with Gasteiger partial charge in [-0.3, -0.25) is 14.6 Å². The number of piperazine rings is 2. The van der Waals surface area contributed by atoms with Gasteiger partial charge in [-0.15, -0.1) is 11.8 Å². The molecule has 0 spiro atoms. The first-order chi connectivity index (χ1) is 42.9. The van der Waals surface area contributed by atoms with Gasteiger partial charge in [-0.2, -0.15) is 13.2 Å². The average Bonchev–Trinajstić information content (AvgIpc) is 0.864. The molecule has 6 aromatic carbocycles. The molecule has 0 unspecified atom stereocenters. The van der Waals surface area contributed by atoms with E-state index in [1.54, 1.807) is 37.8 Å². The minimum Gasteiger partial charge on any atom is -0.444 e. The van der Waals surface area contributed by atoms with Crippen molar-refractivity contribution in [1.82, 2.24) is 19.4 Å². The van der Waals surface area contributed by atoms with Crippen LogP contribution in [0.3, 0.4) is 0 Å². The second-order valence-corrected chi connectivity index (χ2v) is 36.1. The predicted octanol–water partition coefficient (Wildman–Crippen LogP) is 13.0. The maximum atomic E-state index is 14.6. The second-order valence-electron chi connectivity index (χ2n) is 26.6. The van der Waals surface area contributed by atoms with E-state index in [0.29, 0.717) is 82.2 Å². The number of hydrogen-bond acceptors (Lipinski definition) is 13. The lowest BCUT2D eigenvalue weighted by Gasteiger charge is -2.47. The van der Waals surface area contributed by atoms with Crippen molar-refractivity contribution in [3.8, 4) is 0 Å². The van der Waals surface area contributed by atoms with E-state index in [-0.39, 0.29) is 22.1 Å². The van der Waals surface area contributed by atoms with Crippen molar-refractivity contribution in [2.45, 2.75) is 124 Å². The van der Waals surface area contributed by atoms with Crippen LogP contribution in [0, 0.1) is 5.41 Å². The van der Waals surface area contributed by atoms with Crippen LogP contribution in [0.4, 0.5) is 29.3 Å². The van der Waals surface area contributed by atoms with Crippen LogP contribution in [0.2, 0.25) is 10.1 Å². The summed E-state index contributed by atoms with van der Waals surface area (Å²) >= 11 is 7.78. The molecule has 0 saturated carbocycles. The second kappa shape index (κ2) is 28.6. The number of hydrogen-bond donors (Lipinski definition) is 2. The highest BCUT2D eigenvalue weighted by molar-refractivity contribution is 7.99. The van der Waals surface area contributed by atoms with Crippen molar-refractivity contribution >= 4 is 90.9 Å². The molecule has 2 amide bonds. The van der Waals surface area contributed by atoms with Gasteiger partial charge in [0, 0.05) is 91.9 Å². The Bertz CT molecular complexity index is 3700. The number of anilines is 2. The summed E-state index contributed by atoms with van der Waals surface area (Å²) in [5.74, 6) is -0.783. The topological polar surface area (TPSA) is 158 Å². The number of nitrogens with zero attached hydrogens (tertiary/aromatic N) is 4. The summed E-state index contributed by atoms with van der Waals surface area (Å²) in [5, 5.41) is 5.70. The number of carbonyl (C=O) groups excluding carboxylic acids is 2. The number of allylic oxidation sites excluding steroid dienone is 1. The molecule has 1 aliphatic carbocycles. The van der Waals surface area contributed by atoms with E-state index >= 15 is 0 Å². The molecule has 2 saturated heterocycles. The fraction of sp³-hybridized carbons (Fsp3) is 0.420. The van der Waals surface area contributed by atoms with Gasteiger partial charge in [0.05, 0.1) is 23.2 Å². The monoisotopic (exact) mass is 1340 g/mol. The van der Waals surface area contributed by atoms with E-state index in [0.717, 1.165) is 58.9 Å². The lowest BCUT2D eigenvalue weighted by molar-refractivity contribution is -0.0436. The molecule has 0 aromatic heterocycles. The molecule has 2 N–H and O–H groups in total. The van der Waals surface area contributed by atoms with Gasteiger partial charge in [-0.1, -0.05) is 143 Å². The van der Waals surface area contributed by atoms with Crippen molar-refractivity contribution in [3.05, 3.63) is 179 Å². The zero-order chi connectivity index (χ0) is 65.6. The van der Waals surface area contributed by atoms with Gasteiger partial charge in [0.25, 0.3) is 34.1 Å². The number of rotatable bonds is 21. The number of sulfonamides is 1. The van der Waals surface area contributed by atoms with Gasteiger partial charge >= 0.3 is 11.6 Å². The summed E-state index contributed by atoms with van der Waals surface area (Å²) in [6, 6.07) is 46.4. The number of halogens is 4. The minimum absolute atomic E-state index is 0.0564. The molecule has 9 rings (SSSR count). The highest BCUT2D eigenvalue weighted by atomic mass is 35.5. The van der Waals surface area contributed by atoms with Gasteiger partial charge in [-0.05, 0) is 145 Å². The first-order valence-corrected chi connectivity index (χ1v) is 37.1. The normalized spacial score (nSPS) is 17.8. The molecule has 91 heavy (non-hydrogen) atoms. The number of ether oxygens (including phenoxy) is 1. The van der Waals surface area contributed by atoms with Crippen molar-refractivity contribution in [1.29, 1.82) is 0 Å². The van der Waals surface area contributed by atoms with E-state index in [1.807, 2.05) is 59.3 Å². The number of benzene rings is 6.